The minimum Gasteiger partial charge on any atom is -0.286 e. The first-order chi connectivity index (χ1) is 10.8. The third-order valence-corrected chi connectivity index (χ3v) is 8.96. The number of hydrogen-bond acceptors (Lipinski definition) is 2. The molecule has 130 valence electrons. The standard InChI is InChI=1S/C19H30O3S/c1-18-10-4-6-16(18)15-8-7-14-5-2-3-11-19(14,13-23(20,21)22)17(15)9-12-18/h4,10,14-17H,2-3,5-9,11-13H2,1H3,(H,20,21,22)/t14?,15-,16-,17-,18-,19+/m0/s1. The normalized spacial score (nSPS) is 49.3. The molecule has 0 radical (unpaired) electrons. The van der Waals surface area contributed by atoms with E-state index in [4.69, 9.17) is 0 Å². The summed E-state index contributed by atoms with van der Waals surface area (Å²) in [7, 11) is -3.91. The Morgan fingerprint density at radius 1 is 1.09 bits per heavy atom. The topological polar surface area (TPSA) is 54.4 Å². The van der Waals surface area contributed by atoms with Crippen molar-refractivity contribution in [3.8, 4) is 0 Å². The third kappa shape index (κ3) is 2.52. The van der Waals surface area contributed by atoms with E-state index in [9.17, 15) is 13.0 Å². The summed E-state index contributed by atoms with van der Waals surface area (Å²) in [5.41, 5.74) is 0.195. The van der Waals surface area contributed by atoms with Gasteiger partial charge in [0.05, 0.1) is 5.75 Å². The van der Waals surface area contributed by atoms with E-state index in [1.807, 2.05) is 0 Å². The molecule has 0 aromatic carbocycles. The van der Waals surface area contributed by atoms with Gasteiger partial charge in [-0.25, -0.2) is 0 Å². The van der Waals surface area contributed by atoms with Crippen molar-refractivity contribution in [1.82, 2.24) is 0 Å². The molecule has 0 spiro atoms. The van der Waals surface area contributed by atoms with Crippen LogP contribution < -0.4 is 0 Å². The van der Waals surface area contributed by atoms with Gasteiger partial charge in [0, 0.05) is 0 Å². The van der Waals surface area contributed by atoms with Crippen LogP contribution >= 0.6 is 0 Å². The van der Waals surface area contributed by atoms with Crippen LogP contribution in [0.5, 0.6) is 0 Å². The van der Waals surface area contributed by atoms with Gasteiger partial charge in [0.1, 0.15) is 0 Å². The Labute approximate surface area is 140 Å². The summed E-state index contributed by atoms with van der Waals surface area (Å²) >= 11 is 0. The maximum Gasteiger partial charge on any atom is 0.265 e. The molecule has 23 heavy (non-hydrogen) atoms. The van der Waals surface area contributed by atoms with Gasteiger partial charge in [-0.3, -0.25) is 4.55 Å². The summed E-state index contributed by atoms with van der Waals surface area (Å²) in [6, 6.07) is 0. The van der Waals surface area contributed by atoms with Crippen LogP contribution in [0.15, 0.2) is 12.2 Å². The van der Waals surface area contributed by atoms with E-state index in [2.05, 4.69) is 19.1 Å². The molecule has 4 heteroatoms. The molecule has 3 nitrogen and oxygen atoms in total. The summed E-state index contributed by atoms with van der Waals surface area (Å²) in [5, 5.41) is 0. The highest BCUT2D eigenvalue weighted by molar-refractivity contribution is 7.85. The summed E-state index contributed by atoms with van der Waals surface area (Å²) in [6.07, 6.45) is 15.3. The van der Waals surface area contributed by atoms with Crippen molar-refractivity contribution in [2.75, 3.05) is 5.75 Å². The van der Waals surface area contributed by atoms with Gasteiger partial charge in [0.2, 0.25) is 0 Å². The van der Waals surface area contributed by atoms with Crippen LogP contribution in [0.25, 0.3) is 0 Å². The number of hydrogen-bond donors (Lipinski definition) is 1. The van der Waals surface area contributed by atoms with Gasteiger partial charge < -0.3 is 0 Å². The molecule has 0 saturated heterocycles. The minimum atomic E-state index is -3.91. The molecule has 4 aliphatic carbocycles. The zero-order valence-corrected chi connectivity index (χ0v) is 15.0. The second-order valence-electron chi connectivity index (χ2n) is 9.04. The van der Waals surface area contributed by atoms with Crippen molar-refractivity contribution >= 4 is 10.1 Å². The molecule has 1 N–H and O–H groups in total. The zero-order chi connectivity index (χ0) is 16.3. The van der Waals surface area contributed by atoms with Crippen LogP contribution in [0.1, 0.15) is 64.7 Å². The lowest BCUT2D eigenvalue weighted by Crippen LogP contribution is -2.55. The van der Waals surface area contributed by atoms with E-state index in [0.717, 1.165) is 19.3 Å². The van der Waals surface area contributed by atoms with Crippen LogP contribution in [0.3, 0.4) is 0 Å². The predicted molar refractivity (Wildman–Crippen MR) is 91.6 cm³/mol. The second-order valence-corrected chi connectivity index (χ2v) is 10.5. The lowest BCUT2D eigenvalue weighted by molar-refractivity contribution is -0.0954. The fourth-order valence-corrected chi connectivity index (χ4v) is 8.45. The molecular weight excluding hydrogens is 308 g/mol. The van der Waals surface area contributed by atoms with Crippen LogP contribution in [-0.4, -0.2) is 18.7 Å². The molecule has 6 atom stereocenters. The molecule has 0 heterocycles. The third-order valence-electron chi connectivity index (χ3n) is 8.06. The number of rotatable bonds is 2. The van der Waals surface area contributed by atoms with Gasteiger partial charge >= 0.3 is 0 Å². The van der Waals surface area contributed by atoms with E-state index in [1.165, 1.54) is 38.5 Å². The van der Waals surface area contributed by atoms with Gasteiger partial charge in [-0.2, -0.15) is 8.42 Å². The Morgan fingerprint density at radius 3 is 2.70 bits per heavy atom. The first kappa shape index (κ1) is 16.1. The minimum absolute atomic E-state index is 0.0166. The summed E-state index contributed by atoms with van der Waals surface area (Å²) in [6.45, 7) is 2.40. The quantitative estimate of drug-likeness (QED) is 0.597. The highest BCUT2D eigenvalue weighted by Crippen LogP contribution is 2.65. The predicted octanol–water partition coefficient (Wildman–Crippen LogP) is 4.45. The van der Waals surface area contributed by atoms with Crippen molar-refractivity contribution in [2.45, 2.75) is 64.7 Å². The molecule has 0 bridgehead atoms. The molecular formula is C19H30O3S. The Morgan fingerprint density at radius 2 is 1.91 bits per heavy atom. The lowest BCUT2D eigenvalue weighted by atomic mass is 9.45. The Bertz CT molecular complexity index is 610. The molecule has 0 aliphatic heterocycles. The zero-order valence-electron chi connectivity index (χ0n) is 14.2. The summed E-state index contributed by atoms with van der Waals surface area (Å²) in [5.74, 6) is 2.38. The molecule has 0 amide bonds. The largest absolute Gasteiger partial charge is 0.286 e. The van der Waals surface area contributed by atoms with Gasteiger partial charge in [0.25, 0.3) is 10.1 Å². The maximum atomic E-state index is 11.9. The molecule has 3 saturated carbocycles. The van der Waals surface area contributed by atoms with E-state index < -0.39 is 10.1 Å². The SMILES string of the molecule is C[C@@]12C=CC[C@H]1[C@@H]1CCC3CCCC[C@]3(CS(=O)(=O)O)[C@H]1CC2. The average Bonchev–Trinajstić information content (AvgIpc) is 2.86. The van der Waals surface area contributed by atoms with E-state index in [0.29, 0.717) is 29.1 Å². The first-order valence-corrected chi connectivity index (χ1v) is 11.1. The smallest absolute Gasteiger partial charge is 0.265 e. The summed E-state index contributed by atoms with van der Waals surface area (Å²) in [4.78, 5) is 0. The van der Waals surface area contributed by atoms with Crippen molar-refractivity contribution in [2.24, 2.45) is 34.5 Å². The van der Waals surface area contributed by atoms with Gasteiger partial charge in [-0.15, -0.1) is 0 Å². The molecule has 4 rings (SSSR count). The fourth-order valence-electron chi connectivity index (χ4n) is 7.17. The molecule has 1 unspecified atom stereocenters. The first-order valence-electron chi connectivity index (χ1n) is 9.47. The van der Waals surface area contributed by atoms with Crippen LogP contribution in [0.4, 0.5) is 0 Å². The fraction of sp³-hybridized carbons (Fsp3) is 0.895. The lowest BCUT2D eigenvalue weighted by Gasteiger charge is -2.60. The van der Waals surface area contributed by atoms with Gasteiger partial charge in [0.15, 0.2) is 0 Å². The van der Waals surface area contributed by atoms with Crippen LogP contribution in [0, 0.1) is 34.5 Å². The monoisotopic (exact) mass is 338 g/mol. The Kier molecular flexibility index (Phi) is 3.73. The number of allylic oxidation sites excluding steroid dienone is 2. The number of fused-ring (bicyclic) bond motifs is 5. The molecule has 4 aliphatic rings. The van der Waals surface area contributed by atoms with Gasteiger partial charge in [-0.05, 0) is 79.4 Å². The van der Waals surface area contributed by atoms with Crippen LogP contribution in [-0.2, 0) is 10.1 Å². The molecule has 0 aromatic heterocycles. The van der Waals surface area contributed by atoms with E-state index in [1.54, 1.807) is 0 Å². The summed E-state index contributed by atoms with van der Waals surface area (Å²) < 4.78 is 33.4. The van der Waals surface area contributed by atoms with Crippen LogP contribution in [0.2, 0.25) is 0 Å². The average molecular weight is 339 g/mol. The Balaban J connectivity index is 1.71. The Hall–Kier alpha value is -0.350. The highest BCUT2D eigenvalue weighted by Gasteiger charge is 2.59. The molecule has 0 aromatic rings. The second kappa shape index (κ2) is 5.32. The van der Waals surface area contributed by atoms with E-state index in [-0.39, 0.29) is 11.2 Å². The van der Waals surface area contributed by atoms with Crippen molar-refractivity contribution in [3.05, 3.63) is 12.2 Å². The van der Waals surface area contributed by atoms with Gasteiger partial charge in [-0.1, -0.05) is 31.9 Å². The maximum absolute atomic E-state index is 11.9. The van der Waals surface area contributed by atoms with E-state index >= 15 is 0 Å². The van der Waals surface area contributed by atoms with Crippen molar-refractivity contribution < 1.29 is 13.0 Å². The molecule has 3 fully saturated rings. The van der Waals surface area contributed by atoms with Crippen molar-refractivity contribution in [1.29, 1.82) is 0 Å². The van der Waals surface area contributed by atoms with Crippen molar-refractivity contribution in [3.63, 3.8) is 0 Å². The highest BCUT2D eigenvalue weighted by atomic mass is 32.2.